The van der Waals surface area contributed by atoms with Crippen LogP contribution in [-0.4, -0.2) is 33.7 Å². The van der Waals surface area contributed by atoms with Gasteiger partial charge in [0.25, 0.3) is 0 Å². The number of hydrogen-bond donors (Lipinski definition) is 0. The second-order valence-electron chi connectivity index (χ2n) is 3.16. The molecule has 2 rings (SSSR count). The highest BCUT2D eigenvalue weighted by atomic mass is 16.6. The van der Waals surface area contributed by atoms with Gasteiger partial charge in [0.05, 0.1) is 13.2 Å². The number of aromatic nitrogens is 2. The molecule has 0 N–H and O–H groups in total. The molecule has 0 saturated carbocycles. The van der Waals surface area contributed by atoms with E-state index in [9.17, 15) is 4.79 Å². The van der Waals surface area contributed by atoms with Gasteiger partial charge in [-0.1, -0.05) is 0 Å². The summed E-state index contributed by atoms with van der Waals surface area (Å²) >= 11 is 0. The van der Waals surface area contributed by atoms with E-state index in [1.165, 1.54) is 0 Å². The predicted molar refractivity (Wildman–Crippen MR) is 49.7 cm³/mol. The van der Waals surface area contributed by atoms with Crippen molar-refractivity contribution in [2.24, 2.45) is 0 Å². The molecular weight excluding hydrogens is 182 g/mol. The maximum absolute atomic E-state index is 11.4. The number of imidazole rings is 1. The van der Waals surface area contributed by atoms with Gasteiger partial charge in [-0.2, -0.15) is 0 Å². The first kappa shape index (κ1) is 9.05. The fourth-order valence-corrected chi connectivity index (χ4v) is 1.54. The van der Waals surface area contributed by atoms with Gasteiger partial charge in [-0.15, -0.1) is 0 Å². The van der Waals surface area contributed by atoms with Crippen LogP contribution in [-0.2, 0) is 17.8 Å². The molecule has 0 fully saturated rings. The van der Waals surface area contributed by atoms with Crippen molar-refractivity contribution >= 4 is 6.09 Å². The molecule has 1 aliphatic rings. The van der Waals surface area contributed by atoms with Crippen molar-refractivity contribution in [2.75, 3.05) is 13.2 Å². The first-order valence-electron chi connectivity index (χ1n) is 4.73. The molecule has 0 spiro atoms. The Labute approximate surface area is 82.3 Å². The molecule has 5 heteroatoms. The second kappa shape index (κ2) is 3.69. The second-order valence-corrected chi connectivity index (χ2v) is 3.16. The normalized spacial score (nSPS) is 15.1. The summed E-state index contributed by atoms with van der Waals surface area (Å²) in [4.78, 5) is 17.2. The number of carbonyl (C=O) groups excluding carboxylic acids is 1. The van der Waals surface area contributed by atoms with Crippen LogP contribution >= 0.6 is 0 Å². The lowest BCUT2D eigenvalue weighted by molar-refractivity contribution is 0.0963. The monoisotopic (exact) mass is 195 g/mol. The van der Waals surface area contributed by atoms with Crippen LogP contribution in [0.5, 0.6) is 0 Å². The van der Waals surface area contributed by atoms with Gasteiger partial charge in [0.2, 0.25) is 0 Å². The van der Waals surface area contributed by atoms with Crippen molar-refractivity contribution in [3.8, 4) is 0 Å². The minimum atomic E-state index is -0.248. The Morgan fingerprint density at radius 1 is 1.64 bits per heavy atom. The minimum absolute atomic E-state index is 0.248. The Morgan fingerprint density at radius 3 is 3.29 bits per heavy atom. The third-order valence-corrected chi connectivity index (χ3v) is 2.27. The van der Waals surface area contributed by atoms with E-state index in [0.29, 0.717) is 19.7 Å². The molecule has 76 valence electrons. The molecule has 1 aromatic rings. The topological polar surface area (TPSA) is 47.4 Å². The van der Waals surface area contributed by atoms with Crippen LogP contribution in [0.1, 0.15) is 12.7 Å². The van der Waals surface area contributed by atoms with Gasteiger partial charge in [0.15, 0.2) is 0 Å². The molecule has 5 nitrogen and oxygen atoms in total. The molecule has 0 radical (unpaired) electrons. The van der Waals surface area contributed by atoms with Crippen LogP contribution in [0.3, 0.4) is 0 Å². The van der Waals surface area contributed by atoms with Gasteiger partial charge in [-0.25, -0.2) is 9.78 Å². The van der Waals surface area contributed by atoms with Gasteiger partial charge < -0.3 is 9.30 Å². The SMILES string of the molecule is CCOC(=O)N1CCn2ccnc2C1. The Hall–Kier alpha value is -1.52. The van der Waals surface area contributed by atoms with E-state index in [4.69, 9.17) is 4.74 Å². The highest BCUT2D eigenvalue weighted by Crippen LogP contribution is 2.10. The summed E-state index contributed by atoms with van der Waals surface area (Å²) in [5.74, 6) is 0.921. The number of ether oxygens (including phenoxy) is 1. The van der Waals surface area contributed by atoms with Crippen LogP contribution in [0, 0.1) is 0 Å². The molecule has 0 aliphatic carbocycles. The zero-order valence-electron chi connectivity index (χ0n) is 8.14. The van der Waals surface area contributed by atoms with E-state index in [1.54, 1.807) is 11.1 Å². The summed E-state index contributed by atoms with van der Waals surface area (Å²) in [5, 5.41) is 0. The standard InChI is InChI=1S/C9H13N3O2/c1-2-14-9(13)12-6-5-11-4-3-10-8(11)7-12/h3-4H,2,5-7H2,1H3. The smallest absolute Gasteiger partial charge is 0.410 e. The van der Waals surface area contributed by atoms with Gasteiger partial charge in [-0.3, -0.25) is 4.90 Å². The number of carbonyl (C=O) groups is 1. The van der Waals surface area contributed by atoms with E-state index in [1.807, 2.05) is 13.1 Å². The lowest BCUT2D eigenvalue weighted by atomic mass is 10.4. The molecule has 0 bridgehead atoms. The first-order valence-corrected chi connectivity index (χ1v) is 4.73. The Bertz CT molecular complexity index is 335. The number of amides is 1. The summed E-state index contributed by atoms with van der Waals surface area (Å²) in [6.07, 6.45) is 3.43. The quantitative estimate of drug-likeness (QED) is 0.667. The summed E-state index contributed by atoms with van der Waals surface area (Å²) in [7, 11) is 0. The number of hydrogen-bond acceptors (Lipinski definition) is 3. The molecule has 14 heavy (non-hydrogen) atoms. The Balaban J connectivity index is 2.04. The maximum Gasteiger partial charge on any atom is 0.410 e. The van der Waals surface area contributed by atoms with Crippen LogP contribution in [0.15, 0.2) is 12.4 Å². The number of rotatable bonds is 1. The summed E-state index contributed by atoms with van der Waals surface area (Å²) in [5.41, 5.74) is 0. The summed E-state index contributed by atoms with van der Waals surface area (Å²) in [6.45, 7) is 4.27. The third-order valence-electron chi connectivity index (χ3n) is 2.27. The van der Waals surface area contributed by atoms with E-state index in [-0.39, 0.29) is 6.09 Å². The maximum atomic E-state index is 11.4. The van der Waals surface area contributed by atoms with Gasteiger partial charge in [-0.05, 0) is 6.92 Å². The Morgan fingerprint density at radius 2 is 2.50 bits per heavy atom. The average molecular weight is 195 g/mol. The predicted octanol–water partition coefficient (Wildman–Crippen LogP) is 0.855. The zero-order valence-corrected chi connectivity index (χ0v) is 8.14. The molecule has 0 unspecified atom stereocenters. The van der Waals surface area contributed by atoms with Crippen molar-refractivity contribution in [3.05, 3.63) is 18.2 Å². The molecule has 1 aliphatic heterocycles. The zero-order chi connectivity index (χ0) is 9.97. The first-order chi connectivity index (χ1) is 6.81. The van der Waals surface area contributed by atoms with Gasteiger partial charge >= 0.3 is 6.09 Å². The highest BCUT2D eigenvalue weighted by Gasteiger charge is 2.21. The lowest BCUT2D eigenvalue weighted by Gasteiger charge is -2.26. The average Bonchev–Trinajstić information content (AvgIpc) is 2.64. The van der Waals surface area contributed by atoms with E-state index < -0.39 is 0 Å². The fourth-order valence-electron chi connectivity index (χ4n) is 1.54. The molecule has 2 heterocycles. The Kier molecular flexibility index (Phi) is 2.39. The van der Waals surface area contributed by atoms with E-state index in [2.05, 4.69) is 9.55 Å². The van der Waals surface area contributed by atoms with Crippen molar-refractivity contribution in [2.45, 2.75) is 20.0 Å². The van der Waals surface area contributed by atoms with Crippen molar-refractivity contribution in [1.82, 2.24) is 14.5 Å². The van der Waals surface area contributed by atoms with Crippen LogP contribution < -0.4 is 0 Å². The minimum Gasteiger partial charge on any atom is -0.450 e. The molecule has 1 amide bonds. The number of nitrogens with zero attached hydrogens (tertiary/aromatic N) is 3. The van der Waals surface area contributed by atoms with Crippen molar-refractivity contribution in [3.63, 3.8) is 0 Å². The van der Waals surface area contributed by atoms with Crippen LogP contribution in [0.4, 0.5) is 4.79 Å². The molecule has 0 atom stereocenters. The van der Waals surface area contributed by atoms with Gasteiger partial charge in [0.1, 0.15) is 5.82 Å². The van der Waals surface area contributed by atoms with E-state index in [0.717, 1.165) is 12.4 Å². The molecule has 0 saturated heterocycles. The van der Waals surface area contributed by atoms with Crippen LogP contribution in [0.25, 0.3) is 0 Å². The van der Waals surface area contributed by atoms with Crippen molar-refractivity contribution < 1.29 is 9.53 Å². The van der Waals surface area contributed by atoms with E-state index >= 15 is 0 Å². The largest absolute Gasteiger partial charge is 0.450 e. The number of fused-ring (bicyclic) bond motifs is 1. The highest BCUT2D eigenvalue weighted by molar-refractivity contribution is 5.67. The molecule has 1 aromatic heterocycles. The van der Waals surface area contributed by atoms with Crippen LogP contribution in [0.2, 0.25) is 0 Å². The summed E-state index contributed by atoms with van der Waals surface area (Å²) in [6, 6.07) is 0. The third kappa shape index (κ3) is 1.57. The lowest BCUT2D eigenvalue weighted by Crippen LogP contribution is -2.38. The van der Waals surface area contributed by atoms with Crippen molar-refractivity contribution in [1.29, 1.82) is 0 Å². The molecular formula is C9H13N3O2. The molecule has 0 aromatic carbocycles. The summed E-state index contributed by atoms with van der Waals surface area (Å²) < 4.78 is 6.97. The fraction of sp³-hybridized carbons (Fsp3) is 0.556. The van der Waals surface area contributed by atoms with Gasteiger partial charge in [0, 0.05) is 25.5 Å².